The van der Waals surface area contributed by atoms with Gasteiger partial charge in [-0.3, -0.25) is 0 Å². The molecule has 4 aromatic rings. The van der Waals surface area contributed by atoms with Crippen molar-refractivity contribution in [2.45, 2.75) is 30.4 Å². The second-order valence-electron chi connectivity index (χ2n) is 7.20. The Bertz CT molecular complexity index is 1300. The topological polar surface area (TPSA) is 115 Å². The molecule has 1 aliphatic rings. The van der Waals surface area contributed by atoms with Gasteiger partial charge in [0.15, 0.2) is 5.65 Å². The van der Waals surface area contributed by atoms with Crippen molar-refractivity contribution in [3.05, 3.63) is 48.5 Å². The van der Waals surface area contributed by atoms with Gasteiger partial charge in [-0.1, -0.05) is 18.2 Å². The minimum absolute atomic E-state index is 0.115. The van der Waals surface area contributed by atoms with Crippen LogP contribution in [-0.2, 0) is 10.0 Å². The Morgan fingerprint density at radius 2 is 2.03 bits per heavy atom. The molecule has 5 rings (SSSR count). The van der Waals surface area contributed by atoms with E-state index >= 15 is 0 Å². The minimum atomic E-state index is -3.88. The highest BCUT2D eigenvalue weighted by Crippen LogP contribution is 2.32. The van der Waals surface area contributed by atoms with Crippen LogP contribution < -0.4 is 5.32 Å². The average molecular weight is 412 g/mol. The molecule has 2 atom stereocenters. The van der Waals surface area contributed by atoms with Crippen LogP contribution in [-0.4, -0.2) is 50.3 Å². The average Bonchev–Trinajstić information content (AvgIpc) is 3.44. The van der Waals surface area contributed by atoms with Crippen molar-refractivity contribution < 1.29 is 13.5 Å². The molecule has 0 saturated carbocycles. The third-order valence-electron chi connectivity index (χ3n) is 5.29. The largest absolute Gasteiger partial charge is 0.385 e. The molecule has 4 heterocycles. The van der Waals surface area contributed by atoms with Gasteiger partial charge < -0.3 is 15.0 Å². The molecule has 0 spiro atoms. The second-order valence-corrected chi connectivity index (χ2v) is 8.96. The highest BCUT2D eigenvalue weighted by Gasteiger charge is 2.28. The highest BCUT2D eigenvalue weighted by molar-refractivity contribution is 7.90. The molecular weight excluding hydrogens is 392 g/mol. The van der Waals surface area contributed by atoms with Crippen LogP contribution in [0, 0.1) is 0 Å². The van der Waals surface area contributed by atoms with Gasteiger partial charge in [0, 0.05) is 12.6 Å². The predicted molar refractivity (Wildman–Crippen MR) is 107 cm³/mol. The summed E-state index contributed by atoms with van der Waals surface area (Å²) in [6.07, 6.45) is 3.19. The van der Waals surface area contributed by atoms with E-state index in [-0.39, 0.29) is 16.6 Å². The predicted octanol–water partition coefficient (Wildman–Crippen LogP) is 1.61. The smallest absolute Gasteiger partial charge is 0.284 e. The minimum Gasteiger partial charge on any atom is -0.385 e. The molecule has 1 aliphatic heterocycles. The number of aliphatic hydroxyl groups is 1. The van der Waals surface area contributed by atoms with Crippen molar-refractivity contribution in [1.82, 2.24) is 29.0 Å². The van der Waals surface area contributed by atoms with E-state index in [1.807, 2.05) is 4.57 Å². The first-order valence-corrected chi connectivity index (χ1v) is 10.9. The summed E-state index contributed by atoms with van der Waals surface area (Å²) in [5, 5.41) is 18.4. The fourth-order valence-electron chi connectivity index (χ4n) is 3.95. The molecule has 9 nitrogen and oxygen atoms in total. The van der Waals surface area contributed by atoms with Crippen LogP contribution in [0.15, 0.2) is 47.6 Å². The van der Waals surface area contributed by atoms with Gasteiger partial charge in [0.2, 0.25) is 0 Å². The lowest BCUT2D eigenvalue weighted by Gasteiger charge is -2.17. The lowest BCUT2D eigenvalue weighted by atomic mass is 10.2. The zero-order valence-corrected chi connectivity index (χ0v) is 16.5. The highest BCUT2D eigenvalue weighted by atomic mass is 32.2. The van der Waals surface area contributed by atoms with E-state index in [1.165, 1.54) is 18.3 Å². The number of aromatic nitrogens is 5. The Kier molecular flexibility index (Phi) is 4.16. The molecule has 1 aromatic carbocycles. The van der Waals surface area contributed by atoms with Crippen molar-refractivity contribution in [3.63, 3.8) is 0 Å². The quantitative estimate of drug-likeness (QED) is 0.523. The molecule has 10 heteroatoms. The molecule has 0 aliphatic carbocycles. The normalized spacial score (nSPS) is 18.6. The van der Waals surface area contributed by atoms with E-state index in [2.05, 4.69) is 20.4 Å². The molecule has 1 fully saturated rings. The Morgan fingerprint density at radius 3 is 2.72 bits per heavy atom. The van der Waals surface area contributed by atoms with Crippen molar-refractivity contribution in [2.75, 3.05) is 13.1 Å². The van der Waals surface area contributed by atoms with Crippen molar-refractivity contribution >= 4 is 32.1 Å². The Balaban J connectivity index is 1.79. The number of fused-ring (bicyclic) bond motifs is 3. The van der Waals surface area contributed by atoms with Gasteiger partial charge in [-0.15, -0.1) is 4.09 Å². The van der Waals surface area contributed by atoms with Crippen LogP contribution in [0.2, 0.25) is 0 Å². The van der Waals surface area contributed by atoms with Gasteiger partial charge in [0.1, 0.15) is 17.4 Å². The number of imidazole rings is 1. The number of rotatable bonds is 4. The van der Waals surface area contributed by atoms with Gasteiger partial charge in [0.05, 0.1) is 28.2 Å². The third-order valence-corrected chi connectivity index (χ3v) is 6.88. The van der Waals surface area contributed by atoms with Crippen LogP contribution in [0.1, 0.15) is 31.3 Å². The summed E-state index contributed by atoms with van der Waals surface area (Å²) in [5.74, 6) is 0.543. The lowest BCUT2D eigenvalue weighted by molar-refractivity contribution is 0.182. The standard InChI is InChI=1S/C19H20N6O3S/c1-12(26)18-23-16-11-21-19-15(17(16)24(18)13-7-8-20-9-13)10-22-25(19)29(27,28)14-5-3-2-4-6-14/h2-6,10-13,20,26H,7-9H2,1H3/t12-,13+/m1/s1. The van der Waals surface area contributed by atoms with Crippen LogP contribution in [0.4, 0.5) is 0 Å². The first-order valence-electron chi connectivity index (χ1n) is 9.42. The molecule has 0 bridgehead atoms. The van der Waals surface area contributed by atoms with Gasteiger partial charge in [-0.25, -0.2) is 9.97 Å². The molecular formula is C19H20N6O3S. The number of hydrogen-bond donors (Lipinski definition) is 2. The summed E-state index contributed by atoms with van der Waals surface area (Å²) in [5.41, 5.74) is 1.59. The maximum atomic E-state index is 13.1. The Labute approximate surface area is 167 Å². The van der Waals surface area contributed by atoms with Crippen LogP contribution in [0.25, 0.3) is 22.1 Å². The molecule has 1 saturated heterocycles. The molecule has 150 valence electrons. The number of hydrogen-bond acceptors (Lipinski definition) is 7. The third kappa shape index (κ3) is 2.75. The number of aliphatic hydroxyl groups excluding tert-OH is 1. The number of pyridine rings is 1. The van der Waals surface area contributed by atoms with E-state index in [0.29, 0.717) is 16.7 Å². The maximum Gasteiger partial charge on any atom is 0.284 e. The van der Waals surface area contributed by atoms with Gasteiger partial charge in [-0.2, -0.15) is 13.5 Å². The molecule has 3 aromatic heterocycles. The first kappa shape index (κ1) is 18.2. The van der Waals surface area contributed by atoms with Gasteiger partial charge >= 0.3 is 0 Å². The van der Waals surface area contributed by atoms with Crippen LogP contribution >= 0.6 is 0 Å². The summed E-state index contributed by atoms with van der Waals surface area (Å²) >= 11 is 0. The number of nitrogens with one attached hydrogen (secondary N) is 1. The Hall–Kier alpha value is -2.82. The molecule has 0 unspecified atom stereocenters. The first-order chi connectivity index (χ1) is 14.0. The second kappa shape index (κ2) is 6.61. The summed E-state index contributed by atoms with van der Waals surface area (Å²) in [7, 11) is -3.88. The molecule has 0 amide bonds. The van der Waals surface area contributed by atoms with Gasteiger partial charge in [0.25, 0.3) is 10.0 Å². The summed E-state index contributed by atoms with van der Waals surface area (Å²) in [4.78, 5) is 9.07. The molecule has 29 heavy (non-hydrogen) atoms. The van der Waals surface area contributed by atoms with E-state index in [1.54, 1.807) is 31.3 Å². The number of benzene rings is 1. The Morgan fingerprint density at radius 1 is 1.24 bits per heavy atom. The SMILES string of the molecule is C[C@@H](O)c1nc2cnc3c(cnn3S(=O)(=O)c3ccccc3)c2n1[C@H]1CCNC1. The van der Waals surface area contributed by atoms with E-state index in [0.717, 1.165) is 29.1 Å². The van der Waals surface area contributed by atoms with Gasteiger partial charge in [-0.05, 0) is 32.0 Å². The summed E-state index contributed by atoms with van der Waals surface area (Å²) in [6.45, 7) is 3.30. The molecule has 2 N–H and O–H groups in total. The fraction of sp³-hybridized carbons (Fsp3) is 0.316. The van der Waals surface area contributed by atoms with E-state index in [4.69, 9.17) is 0 Å². The lowest BCUT2D eigenvalue weighted by Crippen LogP contribution is -2.17. The van der Waals surface area contributed by atoms with E-state index in [9.17, 15) is 13.5 Å². The van der Waals surface area contributed by atoms with Crippen LogP contribution in [0.5, 0.6) is 0 Å². The van der Waals surface area contributed by atoms with Crippen molar-refractivity contribution in [2.24, 2.45) is 0 Å². The van der Waals surface area contributed by atoms with E-state index < -0.39 is 16.1 Å². The summed E-state index contributed by atoms with van der Waals surface area (Å²) in [6, 6.07) is 8.27. The molecule has 0 radical (unpaired) electrons. The van der Waals surface area contributed by atoms with Crippen LogP contribution in [0.3, 0.4) is 0 Å². The maximum absolute atomic E-state index is 13.1. The van der Waals surface area contributed by atoms with Crippen molar-refractivity contribution in [1.29, 1.82) is 0 Å². The zero-order valence-electron chi connectivity index (χ0n) is 15.7. The zero-order chi connectivity index (χ0) is 20.2. The summed E-state index contributed by atoms with van der Waals surface area (Å²) < 4.78 is 29.1. The number of nitrogens with zero attached hydrogens (tertiary/aromatic N) is 5. The van der Waals surface area contributed by atoms with Crippen molar-refractivity contribution in [3.8, 4) is 0 Å². The monoisotopic (exact) mass is 412 g/mol. The fourth-order valence-corrected chi connectivity index (χ4v) is 5.20.